The van der Waals surface area contributed by atoms with Crippen LogP contribution in [0.15, 0.2) is 30.4 Å². The molecule has 0 fully saturated rings. The fourth-order valence-electron chi connectivity index (χ4n) is 4.20. The lowest BCUT2D eigenvalue weighted by Gasteiger charge is -2.45. The molecule has 1 aromatic carbocycles. The van der Waals surface area contributed by atoms with Crippen molar-refractivity contribution in [3.8, 4) is 5.75 Å². The van der Waals surface area contributed by atoms with Gasteiger partial charge < -0.3 is 14.2 Å². The maximum absolute atomic E-state index is 12.7. The molecule has 1 aromatic rings. The molecule has 128 valence electrons. The molecule has 2 aliphatic rings. The molecule has 0 unspecified atom stereocenters. The number of hydrogen-bond acceptors (Lipinski definition) is 5. The number of ether oxygens (including phenoxy) is 3. The zero-order chi connectivity index (χ0) is 17.3. The van der Waals surface area contributed by atoms with Crippen LogP contribution in [-0.4, -0.2) is 33.3 Å². The Morgan fingerprint density at radius 2 is 1.83 bits per heavy atom. The maximum atomic E-state index is 12.7. The van der Waals surface area contributed by atoms with Gasteiger partial charge in [-0.15, -0.1) is 0 Å². The van der Waals surface area contributed by atoms with E-state index >= 15 is 0 Å². The second-order valence-corrected chi connectivity index (χ2v) is 6.33. The lowest BCUT2D eigenvalue weighted by Crippen LogP contribution is -2.53. The lowest BCUT2D eigenvalue weighted by atomic mass is 9.57. The largest absolute Gasteiger partial charge is 0.497 e. The van der Waals surface area contributed by atoms with Crippen LogP contribution in [0.2, 0.25) is 0 Å². The van der Waals surface area contributed by atoms with Crippen molar-refractivity contribution in [3.05, 3.63) is 41.5 Å². The molecule has 2 atom stereocenters. The maximum Gasteiger partial charge on any atom is 0.323 e. The average molecular weight is 330 g/mol. The summed E-state index contributed by atoms with van der Waals surface area (Å²) in [7, 11) is 4.28. The van der Waals surface area contributed by atoms with Gasteiger partial charge in [-0.25, -0.2) is 0 Å². The van der Waals surface area contributed by atoms with Gasteiger partial charge in [0.2, 0.25) is 0 Å². The number of benzene rings is 1. The van der Waals surface area contributed by atoms with Crippen molar-refractivity contribution in [1.82, 2.24) is 0 Å². The molecule has 0 heterocycles. The Morgan fingerprint density at radius 3 is 2.46 bits per heavy atom. The summed E-state index contributed by atoms with van der Waals surface area (Å²) in [5, 5.41) is 0. The zero-order valence-electron chi connectivity index (χ0n) is 14.2. The molecular formula is C19H22O5. The number of carbonyl (C=O) groups excluding carboxylic acids is 2. The number of fused-ring (bicyclic) bond motifs is 3. The first-order valence-corrected chi connectivity index (χ1v) is 8.08. The molecule has 3 rings (SSSR count). The van der Waals surface area contributed by atoms with Gasteiger partial charge in [0.1, 0.15) is 5.75 Å². The molecule has 0 bridgehead atoms. The van der Waals surface area contributed by atoms with E-state index in [-0.39, 0.29) is 11.8 Å². The minimum atomic E-state index is -1.29. The Morgan fingerprint density at radius 1 is 1.12 bits per heavy atom. The van der Waals surface area contributed by atoms with E-state index in [1.54, 1.807) is 7.11 Å². The Kier molecular flexibility index (Phi) is 4.35. The molecule has 5 heteroatoms. The van der Waals surface area contributed by atoms with Crippen molar-refractivity contribution in [2.45, 2.75) is 25.2 Å². The van der Waals surface area contributed by atoms with Gasteiger partial charge in [-0.3, -0.25) is 9.59 Å². The summed E-state index contributed by atoms with van der Waals surface area (Å²) in [5.41, 5.74) is 0.777. The molecule has 0 N–H and O–H groups in total. The van der Waals surface area contributed by atoms with E-state index in [0.29, 0.717) is 6.42 Å². The van der Waals surface area contributed by atoms with Crippen molar-refractivity contribution >= 4 is 11.9 Å². The van der Waals surface area contributed by atoms with Gasteiger partial charge in [0.15, 0.2) is 5.41 Å². The van der Waals surface area contributed by atoms with Crippen LogP contribution in [-0.2, 0) is 25.5 Å². The van der Waals surface area contributed by atoms with Crippen LogP contribution in [0.1, 0.15) is 29.9 Å². The molecule has 5 nitrogen and oxygen atoms in total. The highest BCUT2D eigenvalue weighted by Gasteiger charge is 2.59. The van der Waals surface area contributed by atoms with Crippen LogP contribution >= 0.6 is 0 Å². The number of esters is 2. The highest BCUT2D eigenvalue weighted by atomic mass is 16.5. The van der Waals surface area contributed by atoms with Crippen molar-refractivity contribution in [3.63, 3.8) is 0 Å². The smallest absolute Gasteiger partial charge is 0.323 e. The fourth-order valence-corrected chi connectivity index (χ4v) is 4.20. The van der Waals surface area contributed by atoms with Gasteiger partial charge in [-0.1, -0.05) is 18.2 Å². The first kappa shape index (κ1) is 16.6. The second kappa shape index (κ2) is 6.30. The van der Waals surface area contributed by atoms with E-state index in [1.165, 1.54) is 14.2 Å². The van der Waals surface area contributed by atoms with Crippen molar-refractivity contribution in [2.24, 2.45) is 11.3 Å². The number of carbonyl (C=O) groups is 2. The topological polar surface area (TPSA) is 61.8 Å². The summed E-state index contributed by atoms with van der Waals surface area (Å²) in [6, 6.07) is 5.78. The third-order valence-corrected chi connectivity index (χ3v) is 5.33. The SMILES string of the molecule is COC(=O)C1(C(=O)OC)Cc2ccc(OC)cc2[C@H]2C=CCC[C@H]21. The Labute approximate surface area is 141 Å². The summed E-state index contributed by atoms with van der Waals surface area (Å²) in [6.07, 6.45) is 6.06. The average Bonchev–Trinajstić information content (AvgIpc) is 2.65. The Hall–Kier alpha value is -2.30. The number of allylic oxidation sites excluding steroid dienone is 2. The van der Waals surface area contributed by atoms with Crippen LogP contribution in [0.25, 0.3) is 0 Å². The van der Waals surface area contributed by atoms with Gasteiger partial charge in [0.05, 0.1) is 21.3 Å². The van der Waals surface area contributed by atoms with Crippen molar-refractivity contribution in [2.75, 3.05) is 21.3 Å². The van der Waals surface area contributed by atoms with Gasteiger partial charge in [-0.05, 0) is 48.4 Å². The summed E-state index contributed by atoms with van der Waals surface area (Å²) in [6.45, 7) is 0. The molecule has 2 aliphatic carbocycles. The number of hydrogen-bond donors (Lipinski definition) is 0. The molecule has 0 aliphatic heterocycles. The molecule has 0 saturated carbocycles. The molecule has 24 heavy (non-hydrogen) atoms. The molecule has 0 aromatic heterocycles. The van der Waals surface area contributed by atoms with Crippen LogP contribution in [0.3, 0.4) is 0 Å². The van der Waals surface area contributed by atoms with E-state index in [1.807, 2.05) is 18.2 Å². The summed E-state index contributed by atoms with van der Waals surface area (Å²) in [4.78, 5) is 25.4. The third-order valence-electron chi connectivity index (χ3n) is 5.33. The van der Waals surface area contributed by atoms with Crippen LogP contribution in [0.4, 0.5) is 0 Å². The normalized spacial score (nSPS) is 23.6. The Balaban J connectivity index is 2.20. The number of rotatable bonds is 3. The zero-order valence-corrected chi connectivity index (χ0v) is 14.2. The van der Waals surface area contributed by atoms with E-state index in [9.17, 15) is 9.59 Å². The minimum absolute atomic E-state index is 0.0317. The predicted molar refractivity (Wildman–Crippen MR) is 87.8 cm³/mol. The van der Waals surface area contributed by atoms with Crippen molar-refractivity contribution in [1.29, 1.82) is 0 Å². The summed E-state index contributed by atoms with van der Waals surface area (Å²) < 4.78 is 15.4. The molecule has 0 spiro atoms. The monoisotopic (exact) mass is 330 g/mol. The minimum Gasteiger partial charge on any atom is -0.497 e. The molecular weight excluding hydrogens is 308 g/mol. The summed E-state index contributed by atoms with van der Waals surface area (Å²) in [5.74, 6) is -0.463. The predicted octanol–water partition coefficient (Wildman–Crippen LogP) is 2.63. The quantitative estimate of drug-likeness (QED) is 0.484. The first-order chi connectivity index (χ1) is 11.6. The fraction of sp³-hybridized carbons (Fsp3) is 0.474. The molecule has 0 radical (unpaired) electrons. The van der Waals surface area contributed by atoms with Crippen LogP contribution in [0.5, 0.6) is 5.75 Å². The first-order valence-electron chi connectivity index (χ1n) is 8.08. The Bertz CT molecular complexity index is 675. The standard InChI is InChI=1S/C19H22O5/c1-22-13-9-8-12-11-19(17(20)23-2,18(21)24-3)16-7-5-4-6-14(16)15(12)10-13/h4,6,8-10,14,16H,5,7,11H2,1-3H3/t14-,16-/m1/s1. The van der Waals surface area contributed by atoms with Gasteiger partial charge >= 0.3 is 11.9 Å². The summed E-state index contributed by atoms with van der Waals surface area (Å²) >= 11 is 0. The molecule has 0 saturated heterocycles. The van der Waals surface area contributed by atoms with E-state index in [0.717, 1.165) is 29.7 Å². The third kappa shape index (κ3) is 2.30. The van der Waals surface area contributed by atoms with Crippen LogP contribution in [0, 0.1) is 11.3 Å². The molecule has 0 amide bonds. The highest BCUT2D eigenvalue weighted by molar-refractivity contribution is 6.01. The highest BCUT2D eigenvalue weighted by Crippen LogP contribution is 2.53. The van der Waals surface area contributed by atoms with E-state index < -0.39 is 17.4 Å². The van der Waals surface area contributed by atoms with Gasteiger partial charge in [0, 0.05) is 5.92 Å². The number of methoxy groups -OCH3 is 3. The van der Waals surface area contributed by atoms with Gasteiger partial charge in [0.25, 0.3) is 0 Å². The van der Waals surface area contributed by atoms with E-state index in [2.05, 4.69) is 12.2 Å². The lowest BCUT2D eigenvalue weighted by molar-refractivity contribution is -0.175. The van der Waals surface area contributed by atoms with E-state index in [4.69, 9.17) is 14.2 Å². The van der Waals surface area contributed by atoms with Crippen LogP contribution < -0.4 is 4.74 Å². The van der Waals surface area contributed by atoms with Crippen molar-refractivity contribution < 1.29 is 23.8 Å². The second-order valence-electron chi connectivity index (χ2n) is 6.33. The van der Waals surface area contributed by atoms with Gasteiger partial charge in [-0.2, -0.15) is 0 Å².